The first-order valence-electron chi connectivity index (χ1n) is 7.00. The van der Waals surface area contributed by atoms with E-state index >= 15 is 0 Å². The number of benzene rings is 1. The summed E-state index contributed by atoms with van der Waals surface area (Å²) < 4.78 is 0. The Morgan fingerprint density at radius 2 is 1.95 bits per heavy atom. The van der Waals surface area contributed by atoms with Gasteiger partial charge >= 0.3 is 0 Å². The second-order valence-electron chi connectivity index (χ2n) is 5.40. The Balaban J connectivity index is 1.84. The van der Waals surface area contributed by atoms with Crippen LogP contribution in [0.3, 0.4) is 0 Å². The number of hydrogen-bond donors (Lipinski definition) is 0. The lowest BCUT2D eigenvalue weighted by molar-refractivity contribution is 0.635. The first-order valence-corrected chi connectivity index (χ1v) is 7.00. The van der Waals surface area contributed by atoms with Crippen LogP contribution in [0.1, 0.15) is 30.5 Å². The minimum absolute atomic E-state index is 0.546. The highest BCUT2D eigenvalue weighted by Gasteiger charge is 2.31. The molecule has 98 valence electrons. The van der Waals surface area contributed by atoms with Crippen LogP contribution in [0.25, 0.3) is 0 Å². The molecule has 0 saturated carbocycles. The zero-order valence-electron chi connectivity index (χ0n) is 11.6. The van der Waals surface area contributed by atoms with E-state index in [0.717, 1.165) is 12.2 Å². The van der Waals surface area contributed by atoms with E-state index < -0.39 is 0 Å². The summed E-state index contributed by atoms with van der Waals surface area (Å²) in [5.74, 6) is 0.634. The van der Waals surface area contributed by atoms with Gasteiger partial charge in [-0.05, 0) is 38.0 Å². The van der Waals surface area contributed by atoms with Crippen molar-refractivity contribution in [3.8, 4) is 0 Å². The van der Waals surface area contributed by atoms with Gasteiger partial charge in [0, 0.05) is 36.1 Å². The van der Waals surface area contributed by atoms with E-state index in [9.17, 15) is 0 Å². The van der Waals surface area contributed by atoms with Crippen LogP contribution in [0.15, 0.2) is 48.7 Å². The zero-order valence-corrected chi connectivity index (χ0v) is 11.6. The maximum atomic E-state index is 4.29. The molecule has 0 spiro atoms. The molecular weight excluding hydrogens is 232 g/mol. The van der Waals surface area contributed by atoms with Gasteiger partial charge in [0.2, 0.25) is 0 Å². The highest BCUT2D eigenvalue weighted by atomic mass is 15.2. The summed E-state index contributed by atoms with van der Waals surface area (Å²) in [6.45, 7) is 5.52. The summed E-state index contributed by atoms with van der Waals surface area (Å²) >= 11 is 0. The molecule has 2 heterocycles. The zero-order chi connectivity index (χ0) is 13.2. The van der Waals surface area contributed by atoms with Crippen molar-refractivity contribution in [3.05, 3.63) is 59.9 Å². The molecule has 2 aromatic rings. The molecule has 0 aliphatic carbocycles. The number of nitrogens with zero attached hydrogens (tertiary/aromatic N) is 2. The van der Waals surface area contributed by atoms with E-state index in [1.807, 2.05) is 6.20 Å². The van der Waals surface area contributed by atoms with Crippen LogP contribution in [-0.2, 0) is 0 Å². The molecule has 1 saturated heterocycles. The quantitative estimate of drug-likeness (QED) is 0.808. The molecule has 1 fully saturated rings. The lowest BCUT2D eigenvalue weighted by atomic mass is 9.93. The third-order valence-electron chi connectivity index (χ3n) is 4.19. The monoisotopic (exact) mass is 252 g/mol. The van der Waals surface area contributed by atoms with Crippen molar-refractivity contribution in [2.75, 3.05) is 11.4 Å². The summed E-state index contributed by atoms with van der Waals surface area (Å²) in [5, 5.41) is 0. The van der Waals surface area contributed by atoms with Gasteiger partial charge < -0.3 is 4.90 Å². The summed E-state index contributed by atoms with van der Waals surface area (Å²) in [5.41, 5.74) is 3.86. The maximum Gasteiger partial charge on any atom is 0.0402 e. The lowest BCUT2D eigenvalue weighted by Gasteiger charge is -2.27. The molecular formula is C17H20N2. The Morgan fingerprint density at radius 1 is 1.16 bits per heavy atom. The molecule has 3 rings (SSSR count). The maximum absolute atomic E-state index is 4.29. The van der Waals surface area contributed by atoms with Crippen molar-refractivity contribution in [1.29, 1.82) is 0 Å². The third-order valence-corrected chi connectivity index (χ3v) is 4.19. The minimum atomic E-state index is 0.546. The molecule has 2 atom stereocenters. The number of rotatable bonds is 2. The molecule has 1 aliphatic rings. The summed E-state index contributed by atoms with van der Waals surface area (Å²) in [6.07, 6.45) is 3.14. The van der Waals surface area contributed by atoms with E-state index in [4.69, 9.17) is 0 Å². The topological polar surface area (TPSA) is 16.1 Å². The van der Waals surface area contributed by atoms with E-state index in [-0.39, 0.29) is 0 Å². The van der Waals surface area contributed by atoms with E-state index in [2.05, 4.69) is 66.2 Å². The highest BCUT2D eigenvalue weighted by Crippen LogP contribution is 2.36. The van der Waals surface area contributed by atoms with Crippen molar-refractivity contribution in [2.24, 2.45) is 0 Å². The molecule has 2 nitrogen and oxygen atoms in total. The Morgan fingerprint density at radius 3 is 2.68 bits per heavy atom. The molecule has 0 radical (unpaired) electrons. The van der Waals surface area contributed by atoms with Gasteiger partial charge in [0.25, 0.3) is 0 Å². The summed E-state index contributed by atoms with van der Waals surface area (Å²) in [7, 11) is 0. The number of anilines is 1. The Hall–Kier alpha value is -1.83. The minimum Gasteiger partial charge on any atom is -0.368 e. The van der Waals surface area contributed by atoms with Crippen LogP contribution in [0.4, 0.5) is 5.69 Å². The predicted octanol–water partition coefficient (Wildman–Crippen LogP) is 3.77. The standard InChI is InChI=1S/C17H20N2/c1-13-12-16(8-10-18-13)19-11-9-17(14(19)2)15-6-4-3-5-7-15/h3-8,10,12,14,17H,9,11H2,1-2H3. The van der Waals surface area contributed by atoms with Gasteiger partial charge in [-0.25, -0.2) is 0 Å². The predicted molar refractivity (Wildman–Crippen MR) is 79.6 cm³/mol. The molecule has 0 N–H and O–H groups in total. The highest BCUT2D eigenvalue weighted by molar-refractivity contribution is 5.50. The Labute approximate surface area is 115 Å². The van der Waals surface area contributed by atoms with Crippen molar-refractivity contribution in [2.45, 2.75) is 32.2 Å². The normalized spacial score (nSPS) is 22.7. The molecule has 1 aromatic heterocycles. The van der Waals surface area contributed by atoms with Crippen LogP contribution in [0.2, 0.25) is 0 Å². The second-order valence-corrected chi connectivity index (χ2v) is 5.40. The van der Waals surface area contributed by atoms with Gasteiger partial charge in [-0.2, -0.15) is 0 Å². The molecule has 1 aromatic carbocycles. The molecule has 1 aliphatic heterocycles. The van der Waals surface area contributed by atoms with Gasteiger partial charge in [0.15, 0.2) is 0 Å². The first-order chi connectivity index (χ1) is 9.25. The Kier molecular flexibility index (Phi) is 3.24. The SMILES string of the molecule is Cc1cc(N2CCC(c3ccccc3)C2C)ccn1. The molecule has 0 amide bonds. The molecule has 0 bridgehead atoms. The molecule has 2 unspecified atom stereocenters. The van der Waals surface area contributed by atoms with Gasteiger partial charge in [0.1, 0.15) is 0 Å². The van der Waals surface area contributed by atoms with Gasteiger partial charge in [-0.3, -0.25) is 4.98 Å². The van der Waals surface area contributed by atoms with Gasteiger partial charge in [-0.1, -0.05) is 30.3 Å². The fourth-order valence-electron chi connectivity index (χ4n) is 3.16. The fraction of sp³-hybridized carbons (Fsp3) is 0.353. The van der Waals surface area contributed by atoms with Crippen molar-refractivity contribution in [3.63, 3.8) is 0 Å². The summed E-state index contributed by atoms with van der Waals surface area (Å²) in [6, 6.07) is 15.7. The molecule has 2 heteroatoms. The molecule has 19 heavy (non-hydrogen) atoms. The Bertz CT molecular complexity index is 550. The summed E-state index contributed by atoms with van der Waals surface area (Å²) in [4.78, 5) is 6.79. The third kappa shape index (κ3) is 2.35. The average molecular weight is 252 g/mol. The second kappa shape index (κ2) is 5.04. The lowest BCUT2D eigenvalue weighted by Crippen LogP contribution is -2.29. The van der Waals surface area contributed by atoms with Crippen molar-refractivity contribution >= 4 is 5.69 Å². The van der Waals surface area contributed by atoms with Crippen molar-refractivity contribution in [1.82, 2.24) is 4.98 Å². The fourth-order valence-corrected chi connectivity index (χ4v) is 3.16. The number of pyridine rings is 1. The largest absolute Gasteiger partial charge is 0.368 e. The smallest absolute Gasteiger partial charge is 0.0402 e. The van der Waals surface area contributed by atoms with Crippen molar-refractivity contribution < 1.29 is 0 Å². The van der Waals surface area contributed by atoms with E-state index in [1.165, 1.54) is 17.7 Å². The van der Waals surface area contributed by atoms with Gasteiger partial charge in [-0.15, -0.1) is 0 Å². The van der Waals surface area contributed by atoms with E-state index in [1.54, 1.807) is 0 Å². The van der Waals surface area contributed by atoms with E-state index in [0.29, 0.717) is 12.0 Å². The van der Waals surface area contributed by atoms with Gasteiger partial charge in [0.05, 0.1) is 0 Å². The van der Waals surface area contributed by atoms with Crippen LogP contribution in [0.5, 0.6) is 0 Å². The number of aromatic nitrogens is 1. The van der Waals surface area contributed by atoms with Crippen LogP contribution >= 0.6 is 0 Å². The first kappa shape index (κ1) is 12.2. The number of hydrogen-bond acceptors (Lipinski definition) is 2. The van der Waals surface area contributed by atoms with Crippen LogP contribution in [-0.4, -0.2) is 17.6 Å². The average Bonchev–Trinajstić information content (AvgIpc) is 2.81. The number of aryl methyl sites for hydroxylation is 1. The van der Waals surface area contributed by atoms with Crippen LogP contribution in [0, 0.1) is 6.92 Å². The van der Waals surface area contributed by atoms with Crippen LogP contribution < -0.4 is 4.90 Å².